The smallest absolute Gasteiger partial charge is 0.339 e. The molecule has 0 bridgehead atoms. The van der Waals surface area contributed by atoms with Crippen LogP contribution >= 0.6 is 0 Å². The molecule has 0 radical (unpaired) electrons. The fraction of sp³-hybridized carbons (Fsp3) is 0.222. The molecule has 7 nitrogen and oxygen atoms in total. The Kier molecular flexibility index (Phi) is 5.84. The van der Waals surface area contributed by atoms with Crippen molar-refractivity contribution in [3.8, 4) is 0 Å². The molecule has 1 aromatic carbocycles. The number of carboxylic acid groups (broad SMARTS) is 1. The largest absolute Gasteiger partial charge is 0.503 e. The standard InChI is InChI=1S/C18H19N3O4/c1-11-12(2)20-13(9-19-11)8-17(21-24)15-7-5-4-6-14(15)16(10-25-3)18(22)23/h4-7,9-10,24H,8H2,1-3H3,(H,22,23). The number of hydrogen-bond acceptors (Lipinski definition) is 6. The first-order chi connectivity index (χ1) is 12.0. The van der Waals surface area contributed by atoms with Crippen molar-refractivity contribution in [3.63, 3.8) is 0 Å². The highest BCUT2D eigenvalue weighted by Crippen LogP contribution is 2.22. The number of carbonyl (C=O) groups is 1. The van der Waals surface area contributed by atoms with Crippen molar-refractivity contribution in [2.45, 2.75) is 20.3 Å². The Morgan fingerprint density at radius 3 is 2.48 bits per heavy atom. The summed E-state index contributed by atoms with van der Waals surface area (Å²) in [5, 5.41) is 22.3. The molecule has 1 heterocycles. The number of methoxy groups -OCH3 is 1. The maximum Gasteiger partial charge on any atom is 0.339 e. The topological polar surface area (TPSA) is 105 Å². The predicted octanol–water partition coefficient (Wildman–Crippen LogP) is 2.59. The first kappa shape index (κ1) is 18.1. The molecular weight excluding hydrogens is 322 g/mol. The molecule has 0 aliphatic rings. The molecule has 0 spiro atoms. The second-order valence-corrected chi connectivity index (χ2v) is 5.37. The van der Waals surface area contributed by atoms with E-state index in [0.717, 1.165) is 17.6 Å². The average molecular weight is 341 g/mol. The minimum Gasteiger partial charge on any atom is -0.503 e. The Balaban J connectivity index is 2.46. The summed E-state index contributed by atoms with van der Waals surface area (Å²) in [5.74, 6) is -1.14. The Morgan fingerprint density at radius 2 is 1.92 bits per heavy atom. The summed E-state index contributed by atoms with van der Waals surface area (Å²) in [6.07, 6.45) is 2.97. The third-order valence-corrected chi connectivity index (χ3v) is 3.71. The van der Waals surface area contributed by atoms with Crippen molar-refractivity contribution >= 4 is 17.3 Å². The second kappa shape index (κ2) is 8.05. The van der Waals surface area contributed by atoms with Gasteiger partial charge in [0, 0.05) is 23.7 Å². The van der Waals surface area contributed by atoms with Gasteiger partial charge in [-0.3, -0.25) is 9.97 Å². The highest BCUT2D eigenvalue weighted by molar-refractivity contribution is 6.19. The van der Waals surface area contributed by atoms with E-state index >= 15 is 0 Å². The van der Waals surface area contributed by atoms with Crippen LogP contribution in [0.25, 0.3) is 5.57 Å². The Morgan fingerprint density at radius 1 is 1.24 bits per heavy atom. The third kappa shape index (κ3) is 4.20. The Bertz CT molecular complexity index is 844. The van der Waals surface area contributed by atoms with Crippen molar-refractivity contribution in [1.82, 2.24) is 9.97 Å². The van der Waals surface area contributed by atoms with Gasteiger partial charge in [-0.05, 0) is 13.8 Å². The summed E-state index contributed by atoms with van der Waals surface area (Å²) in [6.45, 7) is 3.70. The van der Waals surface area contributed by atoms with E-state index in [-0.39, 0.29) is 17.7 Å². The van der Waals surface area contributed by atoms with Gasteiger partial charge in [-0.1, -0.05) is 29.4 Å². The van der Waals surface area contributed by atoms with Crippen molar-refractivity contribution in [3.05, 3.63) is 64.9 Å². The Labute approximate surface area is 145 Å². The van der Waals surface area contributed by atoms with Crippen LogP contribution < -0.4 is 0 Å². The summed E-state index contributed by atoms with van der Waals surface area (Å²) in [4.78, 5) is 20.2. The van der Waals surface area contributed by atoms with Crippen molar-refractivity contribution in [1.29, 1.82) is 0 Å². The summed E-state index contributed by atoms with van der Waals surface area (Å²) in [5.41, 5.74) is 3.36. The first-order valence-corrected chi connectivity index (χ1v) is 7.54. The molecule has 0 amide bonds. The Hall–Kier alpha value is -3.22. The minimum absolute atomic E-state index is 0.0366. The lowest BCUT2D eigenvalue weighted by Crippen LogP contribution is -2.13. The number of ether oxygens (including phenoxy) is 1. The van der Waals surface area contributed by atoms with Crippen LogP contribution in [0.4, 0.5) is 0 Å². The van der Waals surface area contributed by atoms with E-state index in [1.807, 2.05) is 13.8 Å². The van der Waals surface area contributed by atoms with Gasteiger partial charge in [-0.2, -0.15) is 0 Å². The molecule has 0 unspecified atom stereocenters. The van der Waals surface area contributed by atoms with Gasteiger partial charge >= 0.3 is 5.97 Å². The van der Waals surface area contributed by atoms with Gasteiger partial charge in [-0.25, -0.2) is 4.79 Å². The van der Waals surface area contributed by atoms with Crippen LogP contribution in [-0.4, -0.2) is 39.1 Å². The van der Waals surface area contributed by atoms with Crippen LogP contribution in [-0.2, 0) is 16.0 Å². The summed E-state index contributed by atoms with van der Waals surface area (Å²) in [6, 6.07) is 6.76. The van der Waals surface area contributed by atoms with Gasteiger partial charge in [0.05, 0.1) is 36.2 Å². The fourth-order valence-corrected chi connectivity index (χ4v) is 2.35. The molecule has 25 heavy (non-hydrogen) atoms. The maximum atomic E-state index is 11.5. The molecular formula is C18H19N3O4. The molecule has 2 aromatic rings. The highest BCUT2D eigenvalue weighted by Gasteiger charge is 2.19. The van der Waals surface area contributed by atoms with E-state index in [2.05, 4.69) is 15.1 Å². The highest BCUT2D eigenvalue weighted by atomic mass is 16.5. The van der Waals surface area contributed by atoms with Crippen molar-refractivity contribution in [2.24, 2.45) is 5.16 Å². The molecule has 0 atom stereocenters. The number of aryl methyl sites for hydroxylation is 2. The molecule has 0 aliphatic heterocycles. The lowest BCUT2D eigenvalue weighted by Gasteiger charge is -2.12. The molecule has 1 aromatic heterocycles. The SMILES string of the molecule is COC=C(C(=O)O)c1ccccc1C(Cc1cnc(C)c(C)n1)=NO. The van der Waals surface area contributed by atoms with E-state index in [0.29, 0.717) is 16.8 Å². The minimum atomic E-state index is -1.14. The van der Waals surface area contributed by atoms with Crippen LogP contribution in [0.3, 0.4) is 0 Å². The second-order valence-electron chi connectivity index (χ2n) is 5.37. The van der Waals surface area contributed by atoms with Gasteiger partial charge in [-0.15, -0.1) is 0 Å². The van der Waals surface area contributed by atoms with Crippen LogP contribution in [0.15, 0.2) is 41.9 Å². The quantitative estimate of drug-likeness (QED) is 0.275. The van der Waals surface area contributed by atoms with Gasteiger partial charge in [0.2, 0.25) is 0 Å². The van der Waals surface area contributed by atoms with E-state index in [1.54, 1.807) is 30.5 Å². The van der Waals surface area contributed by atoms with E-state index in [1.165, 1.54) is 7.11 Å². The lowest BCUT2D eigenvalue weighted by atomic mass is 9.95. The molecule has 0 fully saturated rings. The van der Waals surface area contributed by atoms with Gasteiger partial charge in [0.1, 0.15) is 5.57 Å². The number of benzene rings is 1. The van der Waals surface area contributed by atoms with Gasteiger partial charge in [0.15, 0.2) is 0 Å². The molecule has 0 saturated heterocycles. The first-order valence-electron chi connectivity index (χ1n) is 7.54. The molecule has 130 valence electrons. The maximum absolute atomic E-state index is 11.5. The number of aromatic nitrogens is 2. The lowest BCUT2D eigenvalue weighted by molar-refractivity contribution is -0.130. The van der Waals surface area contributed by atoms with Crippen LogP contribution in [0.5, 0.6) is 0 Å². The summed E-state index contributed by atoms with van der Waals surface area (Å²) >= 11 is 0. The van der Waals surface area contributed by atoms with E-state index < -0.39 is 5.97 Å². The predicted molar refractivity (Wildman–Crippen MR) is 92.6 cm³/mol. The molecule has 2 N–H and O–H groups in total. The van der Waals surface area contributed by atoms with Crippen LogP contribution in [0.2, 0.25) is 0 Å². The zero-order valence-corrected chi connectivity index (χ0v) is 14.2. The van der Waals surface area contributed by atoms with Crippen molar-refractivity contribution in [2.75, 3.05) is 7.11 Å². The van der Waals surface area contributed by atoms with Crippen LogP contribution in [0, 0.1) is 13.8 Å². The van der Waals surface area contributed by atoms with Crippen molar-refractivity contribution < 1.29 is 19.8 Å². The number of carboxylic acids is 1. The molecule has 2 rings (SSSR count). The normalized spacial score (nSPS) is 12.1. The fourth-order valence-electron chi connectivity index (χ4n) is 2.35. The zero-order chi connectivity index (χ0) is 18.4. The number of hydrogen-bond donors (Lipinski definition) is 2. The third-order valence-electron chi connectivity index (χ3n) is 3.71. The van der Waals surface area contributed by atoms with E-state index in [4.69, 9.17) is 4.74 Å². The number of nitrogens with zero attached hydrogens (tertiary/aromatic N) is 3. The number of aliphatic carboxylic acids is 1. The molecule has 0 aliphatic carbocycles. The van der Waals surface area contributed by atoms with E-state index in [9.17, 15) is 15.1 Å². The number of oxime groups is 1. The summed E-state index contributed by atoms with van der Waals surface area (Å²) in [7, 11) is 1.37. The molecule has 0 saturated carbocycles. The monoisotopic (exact) mass is 341 g/mol. The number of rotatable bonds is 6. The van der Waals surface area contributed by atoms with Gasteiger partial charge < -0.3 is 15.1 Å². The average Bonchev–Trinajstić information content (AvgIpc) is 2.60. The van der Waals surface area contributed by atoms with Gasteiger partial charge in [0.25, 0.3) is 0 Å². The van der Waals surface area contributed by atoms with Crippen LogP contribution in [0.1, 0.15) is 28.2 Å². The zero-order valence-electron chi connectivity index (χ0n) is 14.2. The summed E-state index contributed by atoms with van der Waals surface area (Å²) < 4.78 is 4.87. The molecule has 7 heteroatoms.